The quantitative estimate of drug-likeness (QED) is 0.628. The van der Waals surface area contributed by atoms with Crippen molar-refractivity contribution in [1.82, 2.24) is 4.98 Å². The van der Waals surface area contributed by atoms with E-state index >= 15 is 0 Å². The van der Waals surface area contributed by atoms with Gasteiger partial charge in [0.25, 0.3) is 6.43 Å². The van der Waals surface area contributed by atoms with E-state index in [2.05, 4.69) is 4.98 Å². The largest absolute Gasteiger partial charge is 0.280 e. The Morgan fingerprint density at radius 3 is 2.50 bits per heavy atom. The molecule has 0 aromatic carbocycles. The normalized spacial score (nSPS) is 10.8. The molecule has 0 N–H and O–H groups in total. The molecule has 66 valence electrons. The molecule has 0 saturated heterocycles. The lowest BCUT2D eigenvalue weighted by Gasteiger charge is -2.02. The van der Waals surface area contributed by atoms with Crippen LogP contribution < -0.4 is 0 Å². The minimum Gasteiger partial charge on any atom is -0.232 e. The minimum atomic E-state index is -2.72. The van der Waals surface area contributed by atoms with E-state index in [1.807, 2.05) is 0 Å². The van der Waals surface area contributed by atoms with Crippen LogP contribution in [-0.2, 0) is 0 Å². The molecule has 5 heteroatoms. The molecule has 0 spiro atoms. The average Bonchev–Trinajstić information content (AvgIpc) is 1.99. The maximum absolute atomic E-state index is 12.7. The van der Waals surface area contributed by atoms with Gasteiger partial charge in [0.2, 0.25) is 0 Å². The highest BCUT2D eigenvalue weighted by atomic mass is 35.5. The SMILES string of the molecule is Cc1cc(C(F)F)nc(Cl)c1F. The Balaban J connectivity index is 3.21. The highest BCUT2D eigenvalue weighted by molar-refractivity contribution is 6.29. The third-order valence-corrected chi connectivity index (χ3v) is 1.59. The number of pyridine rings is 1. The lowest BCUT2D eigenvalue weighted by Crippen LogP contribution is -1.95. The van der Waals surface area contributed by atoms with Crippen LogP contribution in [0.25, 0.3) is 0 Å². The van der Waals surface area contributed by atoms with Crippen molar-refractivity contribution < 1.29 is 13.2 Å². The van der Waals surface area contributed by atoms with E-state index in [-0.39, 0.29) is 5.56 Å². The molecule has 1 rings (SSSR count). The van der Waals surface area contributed by atoms with Crippen molar-refractivity contribution in [2.75, 3.05) is 0 Å². The second-order valence-electron chi connectivity index (χ2n) is 2.27. The number of aryl methyl sites for hydroxylation is 1. The summed E-state index contributed by atoms with van der Waals surface area (Å²) in [6, 6.07) is 0.978. The molecule has 1 nitrogen and oxygen atoms in total. The Morgan fingerprint density at radius 2 is 2.08 bits per heavy atom. The van der Waals surface area contributed by atoms with Gasteiger partial charge in [0.05, 0.1) is 0 Å². The van der Waals surface area contributed by atoms with Gasteiger partial charge in [0, 0.05) is 0 Å². The monoisotopic (exact) mass is 195 g/mol. The average molecular weight is 196 g/mol. The fraction of sp³-hybridized carbons (Fsp3) is 0.286. The molecule has 1 aromatic heterocycles. The van der Waals surface area contributed by atoms with Crippen LogP contribution in [0.2, 0.25) is 5.15 Å². The Kier molecular flexibility index (Phi) is 2.57. The zero-order chi connectivity index (χ0) is 9.30. The summed E-state index contributed by atoms with van der Waals surface area (Å²) >= 11 is 5.24. The molecule has 0 aliphatic heterocycles. The molecule has 0 saturated carbocycles. The standard InChI is InChI=1S/C7H5ClF3N/c1-3-2-4(7(10)11)12-6(8)5(3)9/h2,7H,1H3. The van der Waals surface area contributed by atoms with Gasteiger partial charge in [0.15, 0.2) is 11.0 Å². The number of rotatable bonds is 1. The van der Waals surface area contributed by atoms with Crippen molar-refractivity contribution in [3.8, 4) is 0 Å². The van der Waals surface area contributed by atoms with Crippen LogP contribution in [0.15, 0.2) is 6.07 Å². The van der Waals surface area contributed by atoms with Crippen LogP contribution in [0.4, 0.5) is 13.2 Å². The summed E-state index contributed by atoms with van der Waals surface area (Å²) in [6.45, 7) is 1.36. The van der Waals surface area contributed by atoms with Gasteiger partial charge in [-0.3, -0.25) is 0 Å². The van der Waals surface area contributed by atoms with E-state index in [4.69, 9.17) is 11.6 Å². The molecule has 0 unspecified atom stereocenters. The van der Waals surface area contributed by atoms with Crippen molar-refractivity contribution in [3.63, 3.8) is 0 Å². The topological polar surface area (TPSA) is 12.9 Å². The fourth-order valence-electron chi connectivity index (χ4n) is 0.754. The highest BCUT2D eigenvalue weighted by Gasteiger charge is 2.13. The molecule has 0 bridgehead atoms. The lowest BCUT2D eigenvalue weighted by atomic mass is 10.2. The third kappa shape index (κ3) is 1.69. The van der Waals surface area contributed by atoms with E-state index in [0.29, 0.717) is 0 Å². The molecule has 1 aromatic rings. The van der Waals surface area contributed by atoms with E-state index in [9.17, 15) is 13.2 Å². The molecule has 0 amide bonds. The van der Waals surface area contributed by atoms with E-state index < -0.39 is 23.1 Å². The molecule has 0 aliphatic rings. The first-order chi connectivity index (χ1) is 5.52. The van der Waals surface area contributed by atoms with Crippen molar-refractivity contribution in [2.24, 2.45) is 0 Å². The van der Waals surface area contributed by atoms with Crippen LogP contribution in [0.5, 0.6) is 0 Å². The van der Waals surface area contributed by atoms with Crippen LogP contribution in [0.3, 0.4) is 0 Å². The molecule has 0 fully saturated rings. The zero-order valence-electron chi connectivity index (χ0n) is 6.11. The smallest absolute Gasteiger partial charge is 0.232 e. The van der Waals surface area contributed by atoms with Crippen LogP contribution in [-0.4, -0.2) is 4.98 Å². The second kappa shape index (κ2) is 3.31. The van der Waals surface area contributed by atoms with Gasteiger partial charge < -0.3 is 0 Å². The van der Waals surface area contributed by atoms with Crippen LogP contribution >= 0.6 is 11.6 Å². The van der Waals surface area contributed by atoms with E-state index in [1.54, 1.807) is 0 Å². The summed E-state index contributed by atoms with van der Waals surface area (Å²) in [5.74, 6) is -0.749. The third-order valence-electron chi connectivity index (χ3n) is 1.34. The lowest BCUT2D eigenvalue weighted by molar-refractivity contribution is 0.146. The number of alkyl halides is 2. The fourth-order valence-corrected chi connectivity index (χ4v) is 1.00. The first-order valence-corrected chi connectivity index (χ1v) is 3.51. The predicted molar refractivity (Wildman–Crippen MR) is 38.9 cm³/mol. The summed E-state index contributed by atoms with van der Waals surface area (Å²) in [4.78, 5) is 3.17. The van der Waals surface area contributed by atoms with Crippen LogP contribution in [0.1, 0.15) is 17.7 Å². The van der Waals surface area contributed by atoms with Gasteiger partial charge in [-0.05, 0) is 18.6 Å². The molecule has 0 aliphatic carbocycles. The van der Waals surface area contributed by atoms with Crippen molar-refractivity contribution >= 4 is 11.6 Å². The predicted octanol–water partition coefficient (Wildman–Crippen LogP) is 3.12. The van der Waals surface area contributed by atoms with Gasteiger partial charge in [0.1, 0.15) is 5.69 Å². The van der Waals surface area contributed by atoms with Gasteiger partial charge in [-0.2, -0.15) is 0 Å². The summed E-state index contributed by atoms with van der Waals surface area (Å²) in [5, 5.41) is -0.509. The van der Waals surface area contributed by atoms with Gasteiger partial charge in [-0.1, -0.05) is 11.6 Å². The molecule has 12 heavy (non-hydrogen) atoms. The summed E-state index contributed by atoms with van der Waals surface area (Å²) in [5.41, 5.74) is -0.427. The van der Waals surface area contributed by atoms with Crippen molar-refractivity contribution in [3.05, 3.63) is 28.3 Å². The number of hydrogen-bond donors (Lipinski definition) is 0. The Morgan fingerprint density at radius 1 is 1.50 bits per heavy atom. The molecule has 0 atom stereocenters. The molecular weight excluding hydrogens is 191 g/mol. The van der Waals surface area contributed by atoms with E-state index in [1.165, 1.54) is 6.92 Å². The Bertz CT molecular complexity index is 278. The van der Waals surface area contributed by atoms with Gasteiger partial charge in [-0.25, -0.2) is 18.2 Å². The van der Waals surface area contributed by atoms with Crippen molar-refractivity contribution in [1.29, 1.82) is 0 Å². The second-order valence-corrected chi connectivity index (χ2v) is 2.63. The zero-order valence-corrected chi connectivity index (χ0v) is 6.87. The Hall–Kier alpha value is -0.770. The number of halogens is 4. The summed E-state index contributed by atoms with van der Waals surface area (Å²) < 4.78 is 36.8. The van der Waals surface area contributed by atoms with E-state index in [0.717, 1.165) is 6.07 Å². The van der Waals surface area contributed by atoms with Gasteiger partial charge in [-0.15, -0.1) is 0 Å². The minimum absolute atomic E-state index is 0.0744. The molecular formula is C7H5ClF3N. The number of hydrogen-bond acceptors (Lipinski definition) is 1. The maximum atomic E-state index is 12.7. The highest BCUT2D eigenvalue weighted by Crippen LogP contribution is 2.22. The first-order valence-electron chi connectivity index (χ1n) is 3.13. The van der Waals surface area contributed by atoms with Gasteiger partial charge >= 0.3 is 0 Å². The molecule has 1 heterocycles. The maximum Gasteiger partial charge on any atom is 0.280 e. The summed E-state index contributed by atoms with van der Waals surface area (Å²) in [6.07, 6.45) is -2.72. The van der Waals surface area contributed by atoms with Crippen molar-refractivity contribution in [2.45, 2.75) is 13.3 Å². The van der Waals surface area contributed by atoms with Crippen LogP contribution in [0, 0.1) is 12.7 Å². The first kappa shape index (κ1) is 9.32. The number of nitrogens with zero attached hydrogens (tertiary/aromatic N) is 1. The molecule has 0 radical (unpaired) electrons. The Labute approximate surface area is 72.2 Å². The summed E-state index contributed by atoms with van der Waals surface area (Å²) in [7, 11) is 0. The number of aromatic nitrogens is 1.